The zero-order valence-electron chi connectivity index (χ0n) is 11.7. The van der Waals surface area contributed by atoms with Gasteiger partial charge in [0.15, 0.2) is 0 Å². The Kier molecular flexibility index (Phi) is 5.59. The first kappa shape index (κ1) is 15.8. The highest BCUT2D eigenvalue weighted by Gasteiger charge is 2.08. The fourth-order valence-electron chi connectivity index (χ4n) is 1.84. The Morgan fingerprint density at radius 2 is 1.76 bits per heavy atom. The highest BCUT2D eigenvalue weighted by Crippen LogP contribution is 2.21. The Morgan fingerprint density at radius 3 is 2.33 bits per heavy atom. The van der Waals surface area contributed by atoms with Gasteiger partial charge in [-0.2, -0.15) is 0 Å². The van der Waals surface area contributed by atoms with E-state index in [1.807, 2.05) is 24.3 Å². The van der Waals surface area contributed by atoms with Crippen LogP contribution >= 0.6 is 15.9 Å². The second-order valence-electron chi connectivity index (χ2n) is 4.63. The maximum Gasteiger partial charge on any atom is 0.131 e. The maximum absolute atomic E-state index is 13.7. The molecule has 112 valence electrons. The Balaban J connectivity index is 1.82. The second-order valence-corrected chi connectivity index (χ2v) is 5.54. The summed E-state index contributed by atoms with van der Waals surface area (Å²) in [6, 6.07) is 11.9. The van der Waals surface area contributed by atoms with Gasteiger partial charge in [0.25, 0.3) is 0 Å². The molecular formula is C16H17BrFNO2. The van der Waals surface area contributed by atoms with E-state index in [2.05, 4.69) is 15.9 Å². The number of rotatable bonds is 6. The van der Waals surface area contributed by atoms with Crippen LogP contribution in [0.1, 0.15) is 18.5 Å². The van der Waals surface area contributed by atoms with Crippen molar-refractivity contribution in [3.63, 3.8) is 0 Å². The molecule has 0 spiro atoms. The zero-order valence-corrected chi connectivity index (χ0v) is 13.3. The van der Waals surface area contributed by atoms with Crippen LogP contribution < -0.4 is 15.2 Å². The largest absolute Gasteiger partial charge is 0.490 e. The number of hydrogen-bond donors (Lipinski definition) is 1. The topological polar surface area (TPSA) is 44.5 Å². The van der Waals surface area contributed by atoms with Crippen molar-refractivity contribution in [3.8, 4) is 11.5 Å². The molecule has 21 heavy (non-hydrogen) atoms. The van der Waals surface area contributed by atoms with Gasteiger partial charge in [-0.3, -0.25) is 0 Å². The minimum Gasteiger partial charge on any atom is -0.490 e. The van der Waals surface area contributed by atoms with E-state index < -0.39 is 0 Å². The molecule has 3 nitrogen and oxygen atoms in total. The van der Waals surface area contributed by atoms with Gasteiger partial charge in [0.05, 0.1) is 0 Å². The van der Waals surface area contributed by atoms with Crippen molar-refractivity contribution >= 4 is 15.9 Å². The summed E-state index contributed by atoms with van der Waals surface area (Å²) in [6.07, 6.45) is 0. The van der Waals surface area contributed by atoms with E-state index in [4.69, 9.17) is 15.2 Å². The van der Waals surface area contributed by atoms with Crippen LogP contribution in [0.15, 0.2) is 46.9 Å². The minimum atomic E-state index is -0.351. The molecule has 0 aliphatic heterocycles. The van der Waals surface area contributed by atoms with Gasteiger partial charge >= 0.3 is 0 Å². The van der Waals surface area contributed by atoms with E-state index >= 15 is 0 Å². The summed E-state index contributed by atoms with van der Waals surface area (Å²) in [4.78, 5) is 0. The predicted molar refractivity (Wildman–Crippen MR) is 84.1 cm³/mol. The third-order valence-corrected chi connectivity index (χ3v) is 3.37. The number of halogens is 2. The monoisotopic (exact) mass is 353 g/mol. The third kappa shape index (κ3) is 4.72. The molecule has 0 radical (unpaired) electrons. The molecule has 1 atom stereocenters. The van der Waals surface area contributed by atoms with Gasteiger partial charge in [-0.05, 0) is 31.2 Å². The number of benzene rings is 2. The summed E-state index contributed by atoms with van der Waals surface area (Å²) in [5.41, 5.74) is 6.14. The summed E-state index contributed by atoms with van der Waals surface area (Å²) in [5.74, 6) is 0.872. The number of nitrogens with two attached hydrogens (primary N) is 1. The van der Waals surface area contributed by atoms with Crippen molar-refractivity contribution < 1.29 is 13.9 Å². The molecule has 0 aromatic heterocycles. The molecule has 2 aromatic rings. The number of hydrogen-bond acceptors (Lipinski definition) is 3. The van der Waals surface area contributed by atoms with Crippen LogP contribution in [0.2, 0.25) is 0 Å². The lowest BCUT2D eigenvalue weighted by Crippen LogP contribution is -2.10. The van der Waals surface area contributed by atoms with E-state index in [9.17, 15) is 4.39 Å². The van der Waals surface area contributed by atoms with Gasteiger partial charge in [0.1, 0.15) is 30.5 Å². The lowest BCUT2D eigenvalue weighted by atomic mass is 10.1. The van der Waals surface area contributed by atoms with E-state index in [0.717, 1.165) is 10.2 Å². The van der Waals surface area contributed by atoms with Gasteiger partial charge in [-0.1, -0.05) is 28.1 Å². The SMILES string of the molecule is C[C@H](N)c1ccc(OCCOc2cccc(Br)c2)cc1F. The third-order valence-electron chi connectivity index (χ3n) is 2.88. The Morgan fingerprint density at radius 1 is 1.10 bits per heavy atom. The lowest BCUT2D eigenvalue weighted by Gasteiger charge is -2.11. The van der Waals surface area contributed by atoms with Gasteiger partial charge in [0.2, 0.25) is 0 Å². The molecule has 0 amide bonds. The van der Waals surface area contributed by atoms with Crippen molar-refractivity contribution in [1.82, 2.24) is 0 Å². The molecule has 2 aromatic carbocycles. The van der Waals surface area contributed by atoms with Crippen molar-refractivity contribution in [2.75, 3.05) is 13.2 Å². The summed E-state index contributed by atoms with van der Waals surface area (Å²) >= 11 is 3.37. The molecule has 0 unspecified atom stereocenters. The lowest BCUT2D eigenvalue weighted by molar-refractivity contribution is 0.216. The van der Waals surface area contributed by atoms with E-state index in [-0.39, 0.29) is 11.9 Å². The fourth-order valence-corrected chi connectivity index (χ4v) is 2.22. The fraction of sp³-hybridized carbons (Fsp3) is 0.250. The molecule has 2 N–H and O–H groups in total. The minimum absolute atomic E-state index is 0.334. The van der Waals surface area contributed by atoms with E-state index in [1.165, 1.54) is 6.07 Å². The Labute approximate surface area is 132 Å². The highest BCUT2D eigenvalue weighted by molar-refractivity contribution is 9.10. The molecule has 0 saturated carbocycles. The highest BCUT2D eigenvalue weighted by atomic mass is 79.9. The first-order valence-corrected chi connectivity index (χ1v) is 7.42. The molecule has 0 aliphatic carbocycles. The first-order chi connectivity index (χ1) is 10.1. The Bertz CT molecular complexity index is 605. The standard InChI is InChI=1S/C16H17BrFNO2/c1-11(19)15-6-5-14(10-16(15)18)21-8-7-20-13-4-2-3-12(17)9-13/h2-6,9-11H,7-8,19H2,1H3/t11-/m0/s1. The van der Waals surface area contributed by atoms with Crippen LogP contribution in [-0.2, 0) is 0 Å². The molecule has 2 rings (SSSR count). The van der Waals surface area contributed by atoms with Crippen LogP contribution in [0.25, 0.3) is 0 Å². The molecule has 0 bridgehead atoms. The number of ether oxygens (including phenoxy) is 2. The molecule has 0 fully saturated rings. The van der Waals surface area contributed by atoms with Gasteiger partial charge in [-0.25, -0.2) is 4.39 Å². The zero-order chi connectivity index (χ0) is 15.2. The quantitative estimate of drug-likeness (QED) is 0.796. The smallest absolute Gasteiger partial charge is 0.131 e. The van der Waals surface area contributed by atoms with Crippen LogP contribution in [0.5, 0.6) is 11.5 Å². The summed E-state index contributed by atoms with van der Waals surface area (Å²) in [6.45, 7) is 2.46. The van der Waals surface area contributed by atoms with Crippen molar-refractivity contribution in [2.24, 2.45) is 5.73 Å². The predicted octanol–water partition coefficient (Wildman–Crippen LogP) is 4.07. The molecule has 5 heteroatoms. The summed E-state index contributed by atoms with van der Waals surface area (Å²) in [5, 5.41) is 0. The summed E-state index contributed by atoms with van der Waals surface area (Å²) in [7, 11) is 0. The first-order valence-electron chi connectivity index (χ1n) is 6.62. The maximum atomic E-state index is 13.7. The second kappa shape index (κ2) is 7.43. The van der Waals surface area contributed by atoms with Crippen LogP contribution in [0.4, 0.5) is 4.39 Å². The van der Waals surface area contributed by atoms with Crippen molar-refractivity contribution in [3.05, 3.63) is 58.3 Å². The molecule has 0 aliphatic rings. The average molecular weight is 354 g/mol. The average Bonchev–Trinajstić information content (AvgIpc) is 2.43. The molecule has 0 heterocycles. The Hall–Kier alpha value is -1.59. The summed E-state index contributed by atoms with van der Waals surface area (Å²) < 4.78 is 25.7. The van der Waals surface area contributed by atoms with Crippen molar-refractivity contribution in [2.45, 2.75) is 13.0 Å². The van der Waals surface area contributed by atoms with E-state index in [1.54, 1.807) is 19.1 Å². The molecule has 0 saturated heterocycles. The van der Waals surface area contributed by atoms with Crippen molar-refractivity contribution in [1.29, 1.82) is 0 Å². The van der Waals surface area contributed by atoms with E-state index in [0.29, 0.717) is 24.5 Å². The van der Waals surface area contributed by atoms with Gasteiger partial charge < -0.3 is 15.2 Å². The van der Waals surface area contributed by atoms with Gasteiger partial charge in [-0.15, -0.1) is 0 Å². The van der Waals surface area contributed by atoms with Crippen LogP contribution in [-0.4, -0.2) is 13.2 Å². The molecular weight excluding hydrogens is 337 g/mol. The normalized spacial score (nSPS) is 12.0. The van der Waals surface area contributed by atoms with Crippen LogP contribution in [0.3, 0.4) is 0 Å². The van der Waals surface area contributed by atoms with Gasteiger partial charge in [0, 0.05) is 22.1 Å². The van der Waals surface area contributed by atoms with Crippen LogP contribution in [0, 0.1) is 5.82 Å².